The second-order valence-corrected chi connectivity index (χ2v) is 4.20. The molecule has 7 nitrogen and oxygen atoms in total. The highest BCUT2D eigenvalue weighted by molar-refractivity contribution is 5.91. The highest BCUT2D eigenvalue weighted by Gasteiger charge is 2.06. The van der Waals surface area contributed by atoms with Gasteiger partial charge < -0.3 is 16.8 Å². The number of aryl methyl sites for hydroxylation is 1. The predicted molar refractivity (Wildman–Crippen MR) is 72.6 cm³/mol. The Kier molecular flexibility index (Phi) is 3.65. The Labute approximate surface area is 110 Å². The molecule has 2 rings (SSSR count). The molecule has 2 aromatic rings. The van der Waals surface area contributed by atoms with Gasteiger partial charge in [0.1, 0.15) is 11.5 Å². The molecule has 0 saturated heterocycles. The third kappa shape index (κ3) is 3.21. The van der Waals surface area contributed by atoms with Crippen LogP contribution in [0.4, 0.5) is 11.5 Å². The van der Waals surface area contributed by atoms with E-state index in [0.29, 0.717) is 18.1 Å². The van der Waals surface area contributed by atoms with Crippen LogP contribution in [0.25, 0.3) is 0 Å². The van der Waals surface area contributed by atoms with E-state index in [9.17, 15) is 4.79 Å². The van der Waals surface area contributed by atoms with Gasteiger partial charge in [0.05, 0.1) is 11.9 Å². The molecule has 7 heteroatoms. The summed E-state index contributed by atoms with van der Waals surface area (Å²) in [4.78, 5) is 15.1. The van der Waals surface area contributed by atoms with Crippen molar-refractivity contribution in [2.24, 2.45) is 12.8 Å². The topological polar surface area (TPSA) is 112 Å². The normalized spacial score (nSPS) is 10.4. The van der Waals surface area contributed by atoms with E-state index in [0.717, 1.165) is 12.0 Å². The zero-order chi connectivity index (χ0) is 13.8. The minimum Gasteiger partial charge on any atom is -0.396 e. The van der Waals surface area contributed by atoms with Crippen LogP contribution in [0, 0.1) is 0 Å². The molecule has 0 aliphatic heterocycles. The first kappa shape index (κ1) is 12.9. The number of aromatic nitrogens is 3. The Hall–Kier alpha value is -2.57. The molecule has 0 aliphatic rings. The molecule has 0 aliphatic carbocycles. The molecule has 0 fully saturated rings. The first-order valence-electron chi connectivity index (χ1n) is 5.84. The Morgan fingerprint density at radius 2 is 2.26 bits per heavy atom. The van der Waals surface area contributed by atoms with Gasteiger partial charge in [-0.05, 0) is 24.1 Å². The summed E-state index contributed by atoms with van der Waals surface area (Å²) in [6.45, 7) is 0.644. The third-order valence-corrected chi connectivity index (χ3v) is 2.64. The number of hydrogen-bond donors (Lipinski definition) is 3. The van der Waals surface area contributed by atoms with Gasteiger partial charge in [-0.1, -0.05) is 0 Å². The zero-order valence-electron chi connectivity index (χ0n) is 10.6. The quantitative estimate of drug-likeness (QED) is 0.708. The van der Waals surface area contributed by atoms with E-state index in [1.165, 1.54) is 6.07 Å². The molecule has 0 aromatic carbocycles. The number of nitrogens with two attached hydrogens (primary N) is 2. The lowest BCUT2D eigenvalue weighted by molar-refractivity contribution is 0.0996. The number of primary amides is 1. The summed E-state index contributed by atoms with van der Waals surface area (Å²) in [7, 11) is 1.87. The standard InChI is InChI=1S/C12H16N6O/c1-18-7-8(6-16-18)4-5-15-12-9(13)2-3-10(17-12)11(14)19/h2-3,6-7H,4-5,13H2,1H3,(H2,14,19)(H,15,17). The van der Waals surface area contributed by atoms with Gasteiger partial charge in [0.25, 0.3) is 5.91 Å². The highest BCUT2D eigenvalue weighted by Crippen LogP contribution is 2.15. The molecule has 0 unspecified atom stereocenters. The molecule has 0 saturated carbocycles. The summed E-state index contributed by atoms with van der Waals surface area (Å²) in [5, 5.41) is 7.17. The van der Waals surface area contributed by atoms with Crippen molar-refractivity contribution in [2.45, 2.75) is 6.42 Å². The van der Waals surface area contributed by atoms with E-state index in [1.807, 2.05) is 13.2 Å². The largest absolute Gasteiger partial charge is 0.396 e. The minimum absolute atomic E-state index is 0.193. The Bertz CT molecular complexity index is 592. The molecule has 0 atom stereocenters. The zero-order valence-corrected chi connectivity index (χ0v) is 10.6. The number of nitrogen functional groups attached to an aromatic ring is 1. The fourth-order valence-corrected chi connectivity index (χ4v) is 1.67. The first-order valence-corrected chi connectivity index (χ1v) is 5.84. The summed E-state index contributed by atoms with van der Waals surface area (Å²) < 4.78 is 1.75. The number of rotatable bonds is 5. The number of carbonyl (C=O) groups is 1. The lowest BCUT2D eigenvalue weighted by Crippen LogP contribution is -2.15. The first-order chi connectivity index (χ1) is 9.06. The van der Waals surface area contributed by atoms with Crippen molar-refractivity contribution in [3.63, 3.8) is 0 Å². The fraction of sp³-hybridized carbons (Fsp3) is 0.250. The Morgan fingerprint density at radius 3 is 2.89 bits per heavy atom. The van der Waals surface area contributed by atoms with Crippen molar-refractivity contribution >= 4 is 17.4 Å². The summed E-state index contributed by atoms with van der Waals surface area (Å²) in [5.41, 5.74) is 12.7. The van der Waals surface area contributed by atoms with Crippen molar-refractivity contribution < 1.29 is 4.79 Å². The Balaban J connectivity index is 1.99. The maximum atomic E-state index is 11.0. The Morgan fingerprint density at radius 1 is 1.47 bits per heavy atom. The van der Waals surface area contributed by atoms with Crippen molar-refractivity contribution in [1.82, 2.24) is 14.8 Å². The van der Waals surface area contributed by atoms with Gasteiger partial charge >= 0.3 is 0 Å². The number of anilines is 2. The van der Waals surface area contributed by atoms with Crippen LogP contribution in [0.15, 0.2) is 24.5 Å². The maximum absolute atomic E-state index is 11.0. The lowest BCUT2D eigenvalue weighted by Gasteiger charge is -2.08. The van der Waals surface area contributed by atoms with Crippen LogP contribution in [0.3, 0.4) is 0 Å². The van der Waals surface area contributed by atoms with E-state index in [-0.39, 0.29) is 5.69 Å². The highest BCUT2D eigenvalue weighted by atomic mass is 16.1. The monoisotopic (exact) mass is 260 g/mol. The third-order valence-electron chi connectivity index (χ3n) is 2.64. The predicted octanol–water partition coefficient (Wildman–Crippen LogP) is 0.151. The van der Waals surface area contributed by atoms with Crippen LogP contribution in [-0.2, 0) is 13.5 Å². The van der Waals surface area contributed by atoms with E-state index in [2.05, 4.69) is 15.4 Å². The van der Waals surface area contributed by atoms with E-state index < -0.39 is 5.91 Å². The molecule has 5 N–H and O–H groups in total. The maximum Gasteiger partial charge on any atom is 0.267 e. The second kappa shape index (κ2) is 5.38. The molecule has 2 heterocycles. The SMILES string of the molecule is Cn1cc(CCNc2nc(C(N)=O)ccc2N)cn1. The summed E-state index contributed by atoms with van der Waals surface area (Å²) in [6.07, 6.45) is 4.53. The van der Waals surface area contributed by atoms with Crippen molar-refractivity contribution in [2.75, 3.05) is 17.6 Å². The van der Waals surface area contributed by atoms with Gasteiger partial charge in [-0.2, -0.15) is 5.10 Å². The molecule has 0 radical (unpaired) electrons. The molecule has 2 aromatic heterocycles. The molecule has 100 valence electrons. The average Bonchev–Trinajstić information content (AvgIpc) is 2.77. The van der Waals surface area contributed by atoms with Crippen LogP contribution in [-0.4, -0.2) is 27.2 Å². The van der Waals surface area contributed by atoms with Crippen LogP contribution in [0.2, 0.25) is 0 Å². The van der Waals surface area contributed by atoms with Gasteiger partial charge in [-0.25, -0.2) is 4.98 Å². The van der Waals surface area contributed by atoms with Crippen LogP contribution >= 0.6 is 0 Å². The van der Waals surface area contributed by atoms with Gasteiger partial charge in [-0.3, -0.25) is 9.48 Å². The van der Waals surface area contributed by atoms with Crippen LogP contribution in [0.1, 0.15) is 16.1 Å². The molecule has 1 amide bonds. The summed E-state index contributed by atoms with van der Waals surface area (Å²) >= 11 is 0. The minimum atomic E-state index is -0.574. The smallest absolute Gasteiger partial charge is 0.267 e. The molecular formula is C12H16N6O. The van der Waals surface area contributed by atoms with E-state index in [4.69, 9.17) is 11.5 Å². The number of hydrogen-bond acceptors (Lipinski definition) is 5. The molecule has 0 bridgehead atoms. The number of pyridine rings is 1. The number of nitrogens with one attached hydrogen (secondary N) is 1. The van der Waals surface area contributed by atoms with E-state index in [1.54, 1.807) is 16.9 Å². The van der Waals surface area contributed by atoms with Gasteiger partial charge in [0.15, 0.2) is 0 Å². The van der Waals surface area contributed by atoms with Crippen molar-refractivity contribution in [1.29, 1.82) is 0 Å². The second-order valence-electron chi connectivity index (χ2n) is 4.20. The van der Waals surface area contributed by atoms with E-state index >= 15 is 0 Å². The average molecular weight is 260 g/mol. The van der Waals surface area contributed by atoms with Crippen molar-refractivity contribution in [3.8, 4) is 0 Å². The molecule has 19 heavy (non-hydrogen) atoms. The fourth-order valence-electron chi connectivity index (χ4n) is 1.67. The van der Waals surface area contributed by atoms with Crippen LogP contribution in [0.5, 0.6) is 0 Å². The van der Waals surface area contributed by atoms with Gasteiger partial charge in [-0.15, -0.1) is 0 Å². The van der Waals surface area contributed by atoms with Gasteiger partial charge in [0, 0.05) is 19.8 Å². The summed E-state index contributed by atoms with van der Waals surface area (Å²) in [5.74, 6) is -0.101. The number of amides is 1. The van der Waals surface area contributed by atoms with Crippen molar-refractivity contribution in [3.05, 3.63) is 35.8 Å². The van der Waals surface area contributed by atoms with Crippen LogP contribution < -0.4 is 16.8 Å². The number of carbonyl (C=O) groups excluding carboxylic acids is 1. The molecular weight excluding hydrogens is 244 g/mol. The summed E-state index contributed by atoms with van der Waals surface area (Å²) in [6, 6.07) is 3.11. The van der Waals surface area contributed by atoms with Gasteiger partial charge in [0.2, 0.25) is 0 Å². The molecule has 0 spiro atoms. The number of nitrogens with zero attached hydrogens (tertiary/aromatic N) is 3. The lowest BCUT2D eigenvalue weighted by atomic mass is 10.2.